The Morgan fingerprint density at radius 2 is 2.07 bits per heavy atom. The summed E-state index contributed by atoms with van der Waals surface area (Å²) in [6.07, 6.45) is 0. The third-order valence-corrected chi connectivity index (χ3v) is 1.90. The molecule has 2 aromatic rings. The summed E-state index contributed by atoms with van der Waals surface area (Å²) < 4.78 is 5.97. The summed E-state index contributed by atoms with van der Waals surface area (Å²) in [7, 11) is 0. The molecule has 5 nitrogen and oxygen atoms in total. The molecule has 1 heterocycles. The first-order chi connectivity index (χ1) is 6.83. The molecule has 0 spiro atoms. The van der Waals surface area contributed by atoms with Crippen LogP contribution in [0.1, 0.15) is 5.69 Å². The second kappa shape index (κ2) is 3.47. The second-order valence-corrected chi connectivity index (χ2v) is 2.76. The molecule has 2 rings (SSSR count). The van der Waals surface area contributed by atoms with Crippen LogP contribution in [0.4, 0.5) is 0 Å². The van der Waals surface area contributed by atoms with Gasteiger partial charge in [0, 0.05) is 12.1 Å². The Hall–Kier alpha value is -1.88. The van der Waals surface area contributed by atoms with Crippen molar-refractivity contribution in [1.82, 2.24) is 5.27 Å². The maximum Gasteiger partial charge on any atom is 0.433 e. The highest BCUT2D eigenvalue weighted by Crippen LogP contribution is 1.97. The lowest BCUT2D eigenvalue weighted by Gasteiger charge is -1.89. The number of hydrogen-bond donors (Lipinski definition) is 2. The fourth-order valence-electron chi connectivity index (χ4n) is 1.21. The van der Waals surface area contributed by atoms with Crippen molar-refractivity contribution in [3.63, 3.8) is 0 Å². The van der Waals surface area contributed by atoms with Crippen LogP contribution < -0.4 is 10.3 Å². The zero-order valence-electron chi connectivity index (χ0n) is 7.30. The molecular weight excluding hydrogens is 184 g/mol. The predicted molar refractivity (Wildman–Crippen MR) is 46.8 cm³/mol. The topological polar surface area (TPSA) is 70.1 Å². The minimum absolute atomic E-state index is 0.177. The highest BCUT2D eigenvalue weighted by atomic mass is 16.5. The Morgan fingerprint density at radius 1 is 1.36 bits per heavy atom. The van der Waals surface area contributed by atoms with E-state index in [1.54, 1.807) is 12.1 Å². The summed E-state index contributed by atoms with van der Waals surface area (Å²) in [5.41, 5.74) is 0.356. The van der Waals surface area contributed by atoms with E-state index in [1.807, 2.05) is 18.2 Å². The summed E-state index contributed by atoms with van der Waals surface area (Å²) in [5, 5.41) is 11.4. The van der Waals surface area contributed by atoms with Crippen LogP contribution in [-0.4, -0.2) is 10.4 Å². The zero-order chi connectivity index (χ0) is 9.97. The van der Waals surface area contributed by atoms with Gasteiger partial charge < -0.3 is 5.11 Å². The molecular formula is C9H9N2O3+. The highest BCUT2D eigenvalue weighted by molar-refractivity contribution is 5.21. The molecule has 2 N–H and O–H groups in total. The zero-order valence-corrected chi connectivity index (χ0v) is 7.30. The SMILES string of the molecule is O=c1o[nH][n+](-c2ccccc2)c1CO. The van der Waals surface area contributed by atoms with Crippen LogP contribution >= 0.6 is 0 Å². The van der Waals surface area contributed by atoms with Gasteiger partial charge in [0.15, 0.2) is 0 Å². The molecule has 0 aliphatic carbocycles. The van der Waals surface area contributed by atoms with Crippen molar-refractivity contribution in [2.24, 2.45) is 0 Å². The molecule has 1 aromatic carbocycles. The second-order valence-electron chi connectivity index (χ2n) is 2.76. The quantitative estimate of drug-likeness (QED) is 0.645. The lowest BCUT2D eigenvalue weighted by Crippen LogP contribution is -2.38. The number of H-pyrrole nitrogens is 1. The first-order valence-electron chi connectivity index (χ1n) is 4.11. The first-order valence-corrected chi connectivity index (χ1v) is 4.11. The summed E-state index contributed by atoms with van der Waals surface area (Å²) >= 11 is 0. The number of aliphatic hydroxyl groups is 1. The number of aromatic nitrogens is 2. The molecule has 0 bridgehead atoms. The maximum absolute atomic E-state index is 11.1. The fraction of sp³-hybridized carbons (Fsp3) is 0.111. The molecule has 0 radical (unpaired) electrons. The van der Waals surface area contributed by atoms with E-state index in [-0.39, 0.29) is 12.3 Å². The number of nitrogens with one attached hydrogen (secondary N) is 1. The molecule has 0 saturated carbocycles. The number of aromatic amines is 1. The largest absolute Gasteiger partial charge is 0.433 e. The van der Waals surface area contributed by atoms with Crippen LogP contribution in [0.15, 0.2) is 39.6 Å². The van der Waals surface area contributed by atoms with E-state index in [2.05, 4.69) is 9.79 Å². The minimum atomic E-state index is -0.559. The standard InChI is InChI=1S/C9H8N2O3/c12-6-8-9(13)14-10-11(8)7-4-2-1-3-5-7/h1-5,12H,6H2/p+1. The monoisotopic (exact) mass is 193 g/mol. The predicted octanol–water partition coefficient (Wildman–Crippen LogP) is -0.263. The molecule has 14 heavy (non-hydrogen) atoms. The van der Waals surface area contributed by atoms with Crippen molar-refractivity contribution in [2.45, 2.75) is 6.61 Å². The number of rotatable bonds is 2. The average molecular weight is 193 g/mol. The van der Waals surface area contributed by atoms with Crippen molar-refractivity contribution >= 4 is 0 Å². The van der Waals surface area contributed by atoms with Crippen molar-refractivity contribution < 1.29 is 14.3 Å². The Bertz CT molecular complexity index is 472. The number of nitrogens with zero attached hydrogens (tertiary/aromatic N) is 1. The third kappa shape index (κ3) is 1.33. The molecule has 0 amide bonds. The van der Waals surface area contributed by atoms with Gasteiger partial charge in [-0.1, -0.05) is 18.2 Å². The van der Waals surface area contributed by atoms with Crippen LogP contribution in [-0.2, 0) is 6.61 Å². The van der Waals surface area contributed by atoms with Crippen LogP contribution in [0, 0.1) is 0 Å². The van der Waals surface area contributed by atoms with Crippen molar-refractivity contribution in [3.8, 4) is 5.69 Å². The van der Waals surface area contributed by atoms with Crippen LogP contribution in [0.2, 0.25) is 0 Å². The van der Waals surface area contributed by atoms with E-state index >= 15 is 0 Å². The molecule has 0 fully saturated rings. The minimum Gasteiger partial charge on any atom is -0.385 e. The smallest absolute Gasteiger partial charge is 0.385 e. The summed E-state index contributed by atoms with van der Waals surface area (Å²) in [6, 6.07) is 9.11. The van der Waals surface area contributed by atoms with Gasteiger partial charge in [-0.05, 0) is 9.95 Å². The first kappa shape index (κ1) is 8.71. The van der Waals surface area contributed by atoms with Gasteiger partial charge in [0.1, 0.15) is 6.61 Å². The normalized spacial score (nSPS) is 10.4. The Labute approximate surface area is 79.2 Å². The van der Waals surface area contributed by atoms with Gasteiger partial charge in [-0.3, -0.25) is 4.52 Å². The van der Waals surface area contributed by atoms with Gasteiger partial charge in [-0.2, -0.15) is 0 Å². The van der Waals surface area contributed by atoms with Crippen LogP contribution in [0.5, 0.6) is 0 Å². The van der Waals surface area contributed by atoms with Crippen molar-refractivity contribution in [3.05, 3.63) is 46.4 Å². The third-order valence-electron chi connectivity index (χ3n) is 1.90. The Balaban J connectivity index is 2.57. The molecule has 0 aliphatic heterocycles. The number of aliphatic hydroxyl groups excluding tert-OH is 1. The van der Waals surface area contributed by atoms with Gasteiger partial charge in [0.25, 0.3) is 0 Å². The molecule has 5 heteroatoms. The van der Waals surface area contributed by atoms with Gasteiger partial charge in [0.2, 0.25) is 5.69 Å². The molecule has 0 unspecified atom stereocenters. The molecule has 0 saturated heterocycles. The fourth-order valence-corrected chi connectivity index (χ4v) is 1.21. The Morgan fingerprint density at radius 3 is 2.71 bits per heavy atom. The average Bonchev–Trinajstić information content (AvgIpc) is 2.61. The van der Waals surface area contributed by atoms with E-state index in [0.29, 0.717) is 0 Å². The number of hydrogen-bond acceptors (Lipinski definition) is 3. The van der Waals surface area contributed by atoms with E-state index < -0.39 is 5.63 Å². The molecule has 72 valence electrons. The lowest BCUT2D eigenvalue weighted by atomic mass is 10.3. The highest BCUT2D eigenvalue weighted by Gasteiger charge is 2.21. The van der Waals surface area contributed by atoms with Gasteiger partial charge in [-0.25, -0.2) is 4.79 Å². The summed E-state index contributed by atoms with van der Waals surface area (Å²) in [6.45, 7) is -0.360. The van der Waals surface area contributed by atoms with E-state index in [9.17, 15) is 4.79 Å². The Kier molecular flexibility index (Phi) is 2.16. The summed E-state index contributed by atoms with van der Waals surface area (Å²) in [4.78, 5) is 11.1. The van der Waals surface area contributed by atoms with E-state index in [0.717, 1.165) is 5.69 Å². The number of para-hydroxylation sites is 1. The van der Waals surface area contributed by atoms with Gasteiger partial charge >= 0.3 is 11.3 Å². The van der Waals surface area contributed by atoms with Crippen molar-refractivity contribution in [2.75, 3.05) is 0 Å². The molecule has 0 atom stereocenters. The van der Waals surface area contributed by atoms with Crippen LogP contribution in [0.3, 0.4) is 0 Å². The van der Waals surface area contributed by atoms with E-state index in [1.165, 1.54) is 4.68 Å². The van der Waals surface area contributed by atoms with Crippen LogP contribution in [0.25, 0.3) is 5.69 Å². The summed E-state index contributed by atoms with van der Waals surface area (Å²) in [5.74, 6) is 0. The lowest BCUT2D eigenvalue weighted by molar-refractivity contribution is -0.679. The maximum atomic E-state index is 11.1. The van der Waals surface area contributed by atoms with E-state index in [4.69, 9.17) is 5.11 Å². The van der Waals surface area contributed by atoms with Crippen molar-refractivity contribution in [1.29, 1.82) is 0 Å². The van der Waals surface area contributed by atoms with Gasteiger partial charge in [0.05, 0.1) is 0 Å². The molecule has 1 aromatic heterocycles. The van der Waals surface area contributed by atoms with Gasteiger partial charge in [-0.15, -0.1) is 0 Å². The number of benzene rings is 1. The molecule has 0 aliphatic rings.